The number of nitrogens with zero attached hydrogens (tertiary/aromatic N) is 2. The number of para-hydroxylation sites is 2. The molecule has 3 rings (SSSR count). The summed E-state index contributed by atoms with van der Waals surface area (Å²) in [4.78, 5) is 27.1. The summed E-state index contributed by atoms with van der Waals surface area (Å²) < 4.78 is 6.86. The minimum Gasteiger partial charge on any atom is -0.444 e. The number of hydrogen-bond acceptors (Lipinski definition) is 3. The summed E-state index contributed by atoms with van der Waals surface area (Å²) in [5.74, 6) is 0. The number of likely N-dealkylation sites (tertiary alicyclic amines) is 1. The summed E-state index contributed by atoms with van der Waals surface area (Å²) in [5.41, 5.74) is 1.40. The lowest BCUT2D eigenvalue weighted by atomic mass is 10.1. The minimum atomic E-state index is -0.367. The van der Waals surface area contributed by atoms with Crippen LogP contribution < -0.4 is 5.69 Å². The van der Waals surface area contributed by atoms with Crippen LogP contribution >= 0.6 is 0 Å². The van der Waals surface area contributed by atoms with E-state index in [1.165, 1.54) is 6.42 Å². The average molecular weight is 333 g/mol. The minimum absolute atomic E-state index is 0.0637. The quantitative estimate of drug-likeness (QED) is 0.804. The summed E-state index contributed by atoms with van der Waals surface area (Å²) in [6.45, 7) is 7.41. The van der Waals surface area contributed by atoms with E-state index in [4.69, 9.17) is 4.74 Å². The van der Waals surface area contributed by atoms with Crippen LogP contribution in [-0.4, -0.2) is 39.2 Å². The number of fused-ring (bicyclic) bond motifs is 1. The predicted molar refractivity (Wildman–Crippen MR) is 95.2 cm³/mol. The SMILES string of the molecule is CC(C)(C)OC(=O)N1CCCCC1.Cn1c(=O)[nH]c2ccccc21. The Bertz CT molecular complexity index is 734. The predicted octanol–water partition coefficient (Wildman–Crippen LogP) is 3.27. The Labute approximate surface area is 142 Å². The highest BCUT2D eigenvalue weighted by atomic mass is 16.6. The van der Waals surface area contributed by atoms with Crippen LogP contribution in [-0.2, 0) is 11.8 Å². The number of hydrogen-bond donors (Lipinski definition) is 1. The number of piperidine rings is 1. The van der Waals surface area contributed by atoms with Gasteiger partial charge in [-0.25, -0.2) is 9.59 Å². The van der Waals surface area contributed by atoms with Gasteiger partial charge >= 0.3 is 11.8 Å². The van der Waals surface area contributed by atoms with Gasteiger partial charge in [-0.05, 0) is 52.2 Å². The fourth-order valence-corrected chi connectivity index (χ4v) is 2.58. The summed E-state index contributed by atoms with van der Waals surface area (Å²) in [6.07, 6.45) is 3.30. The maximum Gasteiger partial charge on any atom is 0.410 e. The average Bonchev–Trinajstić information content (AvgIpc) is 2.82. The molecular formula is C18H27N3O3. The first-order valence-corrected chi connectivity index (χ1v) is 8.39. The summed E-state index contributed by atoms with van der Waals surface area (Å²) in [7, 11) is 1.75. The maximum atomic E-state index is 11.5. The van der Waals surface area contributed by atoms with Gasteiger partial charge in [-0.2, -0.15) is 0 Å². The lowest BCUT2D eigenvalue weighted by Gasteiger charge is -2.29. The zero-order valence-electron chi connectivity index (χ0n) is 15.0. The monoisotopic (exact) mass is 333 g/mol. The first kappa shape index (κ1) is 18.1. The van der Waals surface area contributed by atoms with Gasteiger partial charge in [0.05, 0.1) is 11.0 Å². The third-order valence-corrected chi connectivity index (χ3v) is 3.82. The molecule has 1 aromatic carbocycles. The Morgan fingerprint density at radius 3 is 2.33 bits per heavy atom. The van der Waals surface area contributed by atoms with Crippen LogP contribution in [0.5, 0.6) is 0 Å². The molecule has 0 unspecified atom stereocenters. The molecule has 1 saturated heterocycles. The number of benzene rings is 1. The summed E-state index contributed by atoms with van der Waals surface area (Å²) >= 11 is 0. The lowest BCUT2D eigenvalue weighted by Crippen LogP contribution is -2.39. The van der Waals surface area contributed by atoms with E-state index in [9.17, 15) is 9.59 Å². The smallest absolute Gasteiger partial charge is 0.410 e. The van der Waals surface area contributed by atoms with E-state index >= 15 is 0 Å². The number of amides is 1. The highest BCUT2D eigenvalue weighted by Gasteiger charge is 2.22. The van der Waals surface area contributed by atoms with Crippen molar-refractivity contribution in [3.8, 4) is 0 Å². The van der Waals surface area contributed by atoms with Crippen molar-refractivity contribution in [3.05, 3.63) is 34.7 Å². The first-order valence-electron chi connectivity index (χ1n) is 8.39. The maximum absolute atomic E-state index is 11.5. The molecule has 2 aromatic rings. The Kier molecular flexibility index (Phi) is 5.70. The number of H-pyrrole nitrogens is 1. The lowest BCUT2D eigenvalue weighted by molar-refractivity contribution is 0.0216. The summed E-state index contributed by atoms with van der Waals surface area (Å²) in [5, 5.41) is 0. The van der Waals surface area contributed by atoms with Crippen LogP contribution in [0, 0.1) is 0 Å². The molecule has 1 aliphatic heterocycles. The molecule has 1 amide bonds. The second kappa shape index (κ2) is 7.55. The molecule has 1 aromatic heterocycles. The van der Waals surface area contributed by atoms with Gasteiger partial charge in [-0.3, -0.25) is 4.57 Å². The topological polar surface area (TPSA) is 67.3 Å². The number of aromatic nitrogens is 2. The van der Waals surface area contributed by atoms with Crippen molar-refractivity contribution < 1.29 is 9.53 Å². The van der Waals surface area contributed by atoms with E-state index in [1.807, 2.05) is 45.0 Å². The molecule has 1 N–H and O–H groups in total. The van der Waals surface area contributed by atoms with Gasteiger partial charge in [0.1, 0.15) is 5.60 Å². The molecule has 6 heteroatoms. The van der Waals surface area contributed by atoms with E-state index in [0.717, 1.165) is 37.0 Å². The molecule has 2 heterocycles. The Balaban J connectivity index is 0.000000175. The van der Waals surface area contributed by atoms with Crippen molar-refractivity contribution in [3.63, 3.8) is 0 Å². The zero-order valence-corrected chi connectivity index (χ0v) is 15.0. The molecule has 0 bridgehead atoms. The highest BCUT2D eigenvalue weighted by Crippen LogP contribution is 2.14. The van der Waals surface area contributed by atoms with Crippen molar-refractivity contribution >= 4 is 17.1 Å². The fourth-order valence-electron chi connectivity index (χ4n) is 2.58. The fraction of sp³-hybridized carbons (Fsp3) is 0.556. The second-order valence-corrected chi connectivity index (χ2v) is 7.03. The number of aryl methyl sites for hydroxylation is 1. The van der Waals surface area contributed by atoms with Crippen molar-refractivity contribution in [2.24, 2.45) is 7.05 Å². The molecule has 24 heavy (non-hydrogen) atoms. The molecule has 0 aliphatic carbocycles. The number of carbonyl (C=O) groups excluding carboxylic acids is 1. The van der Waals surface area contributed by atoms with Crippen LogP contribution in [0.3, 0.4) is 0 Å². The van der Waals surface area contributed by atoms with Gasteiger partial charge in [-0.1, -0.05) is 12.1 Å². The van der Waals surface area contributed by atoms with Gasteiger partial charge in [0.25, 0.3) is 0 Å². The van der Waals surface area contributed by atoms with Crippen LogP contribution in [0.15, 0.2) is 29.1 Å². The molecule has 132 valence electrons. The summed E-state index contributed by atoms with van der Waals surface area (Å²) in [6, 6.07) is 7.61. The highest BCUT2D eigenvalue weighted by molar-refractivity contribution is 5.74. The molecule has 1 aliphatic rings. The Morgan fingerprint density at radius 2 is 1.75 bits per heavy atom. The van der Waals surface area contributed by atoms with E-state index in [-0.39, 0.29) is 17.4 Å². The number of imidazole rings is 1. The van der Waals surface area contributed by atoms with E-state index < -0.39 is 0 Å². The third-order valence-electron chi connectivity index (χ3n) is 3.82. The number of nitrogens with one attached hydrogen (secondary N) is 1. The molecule has 1 fully saturated rings. The molecule has 0 atom stereocenters. The van der Waals surface area contributed by atoms with Gasteiger partial charge in [0.15, 0.2) is 0 Å². The molecule has 6 nitrogen and oxygen atoms in total. The second-order valence-electron chi connectivity index (χ2n) is 7.03. The van der Waals surface area contributed by atoms with E-state index in [2.05, 4.69) is 4.98 Å². The number of ether oxygens (including phenoxy) is 1. The van der Waals surface area contributed by atoms with Crippen molar-refractivity contribution in [1.29, 1.82) is 0 Å². The van der Waals surface area contributed by atoms with Gasteiger partial charge in [0.2, 0.25) is 0 Å². The van der Waals surface area contributed by atoms with E-state index in [0.29, 0.717) is 0 Å². The largest absolute Gasteiger partial charge is 0.444 e. The third kappa shape index (κ3) is 4.88. The normalized spacial score (nSPS) is 14.9. The first-order chi connectivity index (χ1) is 11.3. The van der Waals surface area contributed by atoms with Crippen LogP contribution in [0.1, 0.15) is 40.0 Å². The van der Waals surface area contributed by atoms with Crippen molar-refractivity contribution in [2.45, 2.75) is 45.6 Å². The number of rotatable bonds is 0. The Morgan fingerprint density at radius 1 is 1.12 bits per heavy atom. The van der Waals surface area contributed by atoms with Crippen LogP contribution in [0.25, 0.3) is 11.0 Å². The molecule has 0 spiro atoms. The van der Waals surface area contributed by atoms with Crippen LogP contribution in [0.2, 0.25) is 0 Å². The van der Waals surface area contributed by atoms with Crippen molar-refractivity contribution in [1.82, 2.24) is 14.5 Å². The number of aromatic amines is 1. The zero-order chi connectivity index (χ0) is 17.7. The molecular weight excluding hydrogens is 306 g/mol. The standard InChI is InChI=1S/C10H19NO2.C8H8N2O/c1-10(2,3)13-9(12)11-7-5-4-6-8-11;1-10-7-5-3-2-4-6(7)9-8(10)11/h4-8H2,1-3H3;2-5H,1H3,(H,9,11). The van der Waals surface area contributed by atoms with Crippen LogP contribution in [0.4, 0.5) is 4.79 Å². The van der Waals surface area contributed by atoms with Gasteiger partial charge in [-0.15, -0.1) is 0 Å². The van der Waals surface area contributed by atoms with Crippen molar-refractivity contribution in [2.75, 3.05) is 13.1 Å². The Hall–Kier alpha value is -2.24. The van der Waals surface area contributed by atoms with E-state index in [1.54, 1.807) is 16.5 Å². The molecule has 0 saturated carbocycles. The molecule has 0 radical (unpaired) electrons. The van der Waals surface area contributed by atoms with Gasteiger partial charge < -0.3 is 14.6 Å². The van der Waals surface area contributed by atoms with Gasteiger partial charge in [0, 0.05) is 20.1 Å². The number of carbonyl (C=O) groups is 1.